The topological polar surface area (TPSA) is 20.2 Å². The van der Waals surface area contributed by atoms with Crippen molar-refractivity contribution in [2.24, 2.45) is 17.8 Å². The molecular weight excluding hydrogens is 324 g/mol. The number of halogens is 1. The zero-order chi connectivity index (χ0) is 15.0. The largest absolute Gasteiger partial charge is 0.388 e. The first-order chi connectivity index (χ1) is 10.0. The molecule has 0 aliphatic heterocycles. The quantitative estimate of drug-likeness (QED) is 0.738. The number of aliphatic hydroxyl groups excluding tert-OH is 1. The van der Waals surface area contributed by atoms with Gasteiger partial charge in [0.15, 0.2) is 0 Å². The Morgan fingerprint density at radius 3 is 2.29 bits per heavy atom. The van der Waals surface area contributed by atoms with Crippen LogP contribution in [0.3, 0.4) is 0 Å². The Kier molecular flexibility index (Phi) is 4.37. The summed E-state index contributed by atoms with van der Waals surface area (Å²) in [7, 11) is 0. The van der Waals surface area contributed by atoms with Gasteiger partial charge in [-0.15, -0.1) is 0 Å². The van der Waals surface area contributed by atoms with Crippen molar-refractivity contribution in [1.29, 1.82) is 0 Å². The minimum Gasteiger partial charge on any atom is -0.388 e. The molecule has 1 N–H and O–H groups in total. The Hall–Kier alpha value is -0.860. The van der Waals surface area contributed by atoms with Gasteiger partial charge in [-0.2, -0.15) is 0 Å². The average Bonchev–Trinajstić information content (AvgIpc) is 2.45. The molecule has 1 fully saturated rings. The Labute approximate surface area is 135 Å². The van der Waals surface area contributed by atoms with Crippen molar-refractivity contribution < 1.29 is 5.11 Å². The van der Waals surface area contributed by atoms with Crippen molar-refractivity contribution in [3.8, 4) is 0 Å². The molecule has 0 aromatic heterocycles. The smallest absolute Gasteiger partial charge is 0.0818 e. The molecule has 0 spiro atoms. The van der Waals surface area contributed by atoms with Crippen molar-refractivity contribution in [3.63, 3.8) is 0 Å². The van der Waals surface area contributed by atoms with Crippen LogP contribution in [-0.2, 0) is 0 Å². The second-order valence-electron chi connectivity index (χ2n) is 6.87. The first-order valence-electron chi connectivity index (χ1n) is 7.90. The average molecular weight is 347 g/mol. The van der Waals surface area contributed by atoms with Crippen LogP contribution >= 0.6 is 15.9 Å². The van der Waals surface area contributed by atoms with Gasteiger partial charge >= 0.3 is 0 Å². The van der Waals surface area contributed by atoms with Crippen molar-refractivity contribution >= 4 is 26.7 Å². The normalized spacial score (nSPS) is 27.7. The number of aliphatic hydroxyl groups is 1. The van der Waals surface area contributed by atoms with E-state index in [1.807, 2.05) is 0 Å². The van der Waals surface area contributed by atoms with Crippen LogP contribution in [0.1, 0.15) is 44.8 Å². The summed E-state index contributed by atoms with van der Waals surface area (Å²) in [5.41, 5.74) is 1.07. The van der Waals surface area contributed by atoms with Gasteiger partial charge in [0.25, 0.3) is 0 Å². The molecule has 2 heteroatoms. The van der Waals surface area contributed by atoms with Gasteiger partial charge in [0.2, 0.25) is 0 Å². The molecule has 112 valence electrons. The number of rotatable bonds is 2. The maximum absolute atomic E-state index is 10.8. The summed E-state index contributed by atoms with van der Waals surface area (Å²) in [6, 6.07) is 12.6. The number of hydrogen-bond acceptors (Lipinski definition) is 1. The van der Waals surface area contributed by atoms with Crippen LogP contribution in [0.2, 0.25) is 0 Å². The fourth-order valence-corrected chi connectivity index (χ4v) is 4.34. The van der Waals surface area contributed by atoms with Gasteiger partial charge in [0.05, 0.1) is 6.10 Å². The third-order valence-corrected chi connectivity index (χ3v) is 5.32. The van der Waals surface area contributed by atoms with E-state index >= 15 is 0 Å². The highest BCUT2D eigenvalue weighted by Crippen LogP contribution is 2.40. The molecule has 3 rings (SSSR count). The highest BCUT2D eigenvalue weighted by Gasteiger charge is 2.29. The van der Waals surface area contributed by atoms with Crippen LogP contribution in [0.5, 0.6) is 0 Å². The standard InChI is InChI=1S/C19H23BrO/c1-12-7-13(2)9-17(8-12)19(21)16-4-3-15-11-18(20)6-5-14(15)10-16/h3-6,10-13,17,19,21H,7-9H2,1-2H3. The molecule has 3 unspecified atom stereocenters. The lowest BCUT2D eigenvalue weighted by Gasteiger charge is -2.34. The van der Waals surface area contributed by atoms with E-state index in [9.17, 15) is 5.11 Å². The zero-order valence-electron chi connectivity index (χ0n) is 12.7. The van der Waals surface area contributed by atoms with Crippen molar-refractivity contribution in [1.82, 2.24) is 0 Å². The predicted octanol–water partition coefficient (Wildman–Crippen LogP) is 5.71. The number of fused-ring (bicyclic) bond motifs is 1. The van der Waals surface area contributed by atoms with Crippen molar-refractivity contribution in [2.75, 3.05) is 0 Å². The van der Waals surface area contributed by atoms with Crippen LogP contribution in [-0.4, -0.2) is 5.11 Å². The van der Waals surface area contributed by atoms with Gasteiger partial charge in [-0.3, -0.25) is 0 Å². The van der Waals surface area contributed by atoms with Crippen LogP contribution in [0.4, 0.5) is 0 Å². The van der Waals surface area contributed by atoms with Gasteiger partial charge in [0, 0.05) is 4.47 Å². The summed E-state index contributed by atoms with van der Waals surface area (Å²) in [5, 5.41) is 13.2. The monoisotopic (exact) mass is 346 g/mol. The maximum Gasteiger partial charge on any atom is 0.0818 e. The summed E-state index contributed by atoms with van der Waals surface area (Å²) in [4.78, 5) is 0. The van der Waals surface area contributed by atoms with Crippen molar-refractivity contribution in [3.05, 3.63) is 46.4 Å². The van der Waals surface area contributed by atoms with E-state index in [2.05, 4.69) is 66.2 Å². The van der Waals surface area contributed by atoms with Gasteiger partial charge in [-0.1, -0.05) is 48.0 Å². The lowest BCUT2D eigenvalue weighted by molar-refractivity contribution is 0.0553. The summed E-state index contributed by atoms with van der Waals surface area (Å²) < 4.78 is 1.10. The van der Waals surface area contributed by atoms with Gasteiger partial charge < -0.3 is 5.11 Å². The molecule has 3 atom stereocenters. The molecule has 2 aromatic carbocycles. The minimum absolute atomic E-state index is 0.330. The molecular formula is C19H23BrO. The van der Waals surface area contributed by atoms with E-state index in [0.29, 0.717) is 5.92 Å². The molecule has 1 aliphatic rings. The van der Waals surface area contributed by atoms with Crippen LogP contribution in [0.25, 0.3) is 10.8 Å². The number of benzene rings is 2. The minimum atomic E-state index is -0.330. The Morgan fingerprint density at radius 2 is 1.57 bits per heavy atom. The molecule has 1 aliphatic carbocycles. The summed E-state index contributed by atoms with van der Waals surface area (Å²) in [5.74, 6) is 1.85. The van der Waals surface area contributed by atoms with E-state index in [1.165, 1.54) is 17.2 Å². The molecule has 1 nitrogen and oxygen atoms in total. The molecule has 0 saturated heterocycles. The van der Waals surface area contributed by atoms with E-state index in [-0.39, 0.29) is 6.10 Å². The first-order valence-corrected chi connectivity index (χ1v) is 8.69. The van der Waals surface area contributed by atoms with Gasteiger partial charge in [-0.25, -0.2) is 0 Å². The molecule has 0 radical (unpaired) electrons. The third-order valence-electron chi connectivity index (χ3n) is 4.83. The first kappa shape index (κ1) is 15.1. The lowest BCUT2D eigenvalue weighted by atomic mass is 9.73. The highest BCUT2D eigenvalue weighted by atomic mass is 79.9. The van der Waals surface area contributed by atoms with Gasteiger partial charge in [-0.05, 0) is 71.6 Å². The number of hydrogen-bond donors (Lipinski definition) is 1. The Morgan fingerprint density at radius 1 is 0.952 bits per heavy atom. The lowest BCUT2D eigenvalue weighted by Crippen LogP contribution is -2.24. The SMILES string of the molecule is CC1CC(C)CC(C(O)c2ccc3cc(Br)ccc3c2)C1. The van der Waals surface area contributed by atoms with E-state index in [1.54, 1.807) is 0 Å². The summed E-state index contributed by atoms with van der Waals surface area (Å²) >= 11 is 3.51. The fourth-order valence-electron chi connectivity index (χ4n) is 3.96. The van der Waals surface area contributed by atoms with E-state index < -0.39 is 0 Å². The third kappa shape index (κ3) is 3.32. The van der Waals surface area contributed by atoms with Crippen LogP contribution in [0.15, 0.2) is 40.9 Å². The second-order valence-corrected chi connectivity index (χ2v) is 7.79. The highest BCUT2D eigenvalue weighted by molar-refractivity contribution is 9.10. The summed E-state index contributed by atoms with van der Waals surface area (Å²) in [6.07, 6.45) is 3.26. The van der Waals surface area contributed by atoms with E-state index in [4.69, 9.17) is 0 Å². The molecule has 1 saturated carbocycles. The molecule has 2 aromatic rings. The fraction of sp³-hybridized carbons (Fsp3) is 0.474. The maximum atomic E-state index is 10.8. The summed E-state index contributed by atoms with van der Waals surface area (Å²) in [6.45, 7) is 4.63. The van der Waals surface area contributed by atoms with Crippen LogP contribution < -0.4 is 0 Å². The molecule has 21 heavy (non-hydrogen) atoms. The van der Waals surface area contributed by atoms with Crippen molar-refractivity contribution in [2.45, 2.75) is 39.2 Å². The Balaban J connectivity index is 1.87. The molecule has 0 heterocycles. The predicted molar refractivity (Wildman–Crippen MR) is 92.3 cm³/mol. The second kappa shape index (κ2) is 6.10. The zero-order valence-corrected chi connectivity index (χ0v) is 14.3. The molecule has 0 amide bonds. The van der Waals surface area contributed by atoms with Gasteiger partial charge in [0.1, 0.15) is 0 Å². The Bertz CT molecular complexity index is 626. The van der Waals surface area contributed by atoms with Crippen LogP contribution in [0, 0.1) is 17.8 Å². The van der Waals surface area contributed by atoms with E-state index in [0.717, 1.165) is 34.7 Å². The molecule has 0 bridgehead atoms.